The summed E-state index contributed by atoms with van der Waals surface area (Å²) in [6, 6.07) is 3.34. The van der Waals surface area contributed by atoms with Crippen molar-refractivity contribution < 1.29 is 39.5 Å². The number of ether oxygens (including phenoxy) is 2. The number of nitrogens with zero attached hydrogens (tertiary/aromatic N) is 2. The van der Waals surface area contributed by atoms with Crippen molar-refractivity contribution in [3.05, 3.63) is 34.4 Å². The van der Waals surface area contributed by atoms with E-state index in [9.17, 15) is 30.0 Å². The maximum Gasteiger partial charge on any atom is 0.174 e. The zero-order chi connectivity index (χ0) is 30.3. The average molecular weight is 601 g/mol. The summed E-state index contributed by atoms with van der Waals surface area (Å²) in [6.07, 6.45) is 1.55. The fourth-order valence-corrected chi connectivity index (χ4v) is 11.6. The van der Waals surface area contributed by atoms with Gasteiger partial charge >= 0.3 is 0 Å². The van der Waals surface area contributed by atoms with Gasteiger partial charge in [0.1, 0.15) is 0 Å². The summed E-state index contributed by atoms with van der Waals surface area (Å²) in [7, 11) is 4.02. The van der Waals surface area contributed by atoms with Crippen molar-refractivity contribution in [3.8, 4) is 34.1 Å². The highest BCUT2D eigenvalue weighted by Gasteiger charge is 2.74. The van der Waals surface area contributed by atoms with E-state index in [4.69, 9.17) is 9.47 Å². The number of likely N-dealkylation sites (N-methyl/N-ethyl adjacent to an activating group) is 2. The van der Waals surface area contributed by atoms with E-state index in [1.807, 2.05) is 26.2 Å². The van der Waals surface area contributed by atoms with E-state index < -0.39 is 34.2 Å². The molecule has 8 aliphatic rings. The molecule has 10 rings (SSSR count). The highest BCUT2D eigenvalue weighted by Crippen LogP contribution is 2.68. The SMILES string of the molecule is CN1CC[C@]23c4c5cc(-c6cc7c8c(c6O)O[C@H]6C(=O)CC[C@@]9(O)[C@@H](C7)N(C)CC[C@]869)c(O)c4O[C@H]2C(=O)CC[C@@]3(O)[C@H]1C5. The zero-order valence-corrected chi connectivity index (χ0v) is 24.9. The van der Waals surface area contributed by atoms with E-state index in [2.05, 4.69) is 9.80 Å². The minimum absolute atomic E-state index is 0.0594. The molecule has 2 aromatic carbocycles. The molecule has 44 heavy (non-hydrogen) atoms. The summed E-state index contributed by atoms with van der Waals surface area (Å²) >= 11 is 0. The van der Waals surface area contributed by atoms with Crippen molar-refractivity contribution in [1.29, 1.82) is 0 Å². The first-order valence-electron chi connectivity index (χ1n) is 16.0. The minimum Gasteiger partial charge on any atom is -0.504 e. The second kappa shape index (κ2) is 7.61. The number of likely N-dealkylation sites (tertiary alicyclic amines) is 2. The van der Waals surface area contributed by atoms with Gasteiger partial charge in [-0.25, -0.2) is 0 Å². The first-order chi connectivity index (χ1) is 21.0. The van der Waals surface area contributed by atoms with Crippen LogP contribution in [0.3, 0.4) is 0 Å². The van der Waals surface area contributed by atoms with E-state index in [0.29, 0.717) is 62.7 Å². The number of aromatic hydroxyl groups is 2. The number of phenols is 2. The molecule has 4 heterocycles. The number of Topliss-reactive ketones (excluding diaryl/α,β-unsaturated/α-hetero) is 2. The predicted molar refractivity (Wildman–Crippen MR) is 155 cm³/mol. The summed E-state index contributed by atoms with van der Waals surface area (Å²) in [5.41, 5.74) is -0.149. The second-order valence-corrected chi connectivity index (χ2v) is 14.9. The van der Waals surface area contributed by atoms with Crippen LogP contribution in [0.1, 0.15) is 60.8 Å². The normalized spacial score (nSPS) is 42.5. The van der Waals surface area contributed by atoms with Gasteiger partial charge in [-0.1, -0.05) is 0 Å². The highest BCUT2D eigenvalue weighted by molar-refractivity contribution is 5.94. The lowest BCUT2D eigenvalue weighted by molar-refractivity contribution is -0.185. The molecule has 4 N–H and O–H groups in total. The monoisotopic (exact) mass is 600 g/mol. The van der Waals surface area contributed by atoms with Crippen molar-refractivity contribution in [2.24, 2.45) is 0 Å². The number of ketones is 2. The summed E-state index contributed by atoms with van der Waals surface area (Å²) in [4.78, 5) is 31.0. The molecule has 0 radical (unpaired) electrons. The molecule has 2 saturated heterocycles. The van der Waals surface area contributed by atoms with Crippen molar-refractivity contribution in [2.75, 3.05) is 27.2 Å². The number of hydrogen-bond donors (Lipinski definition) is 4. The van der Waals surface area contributed by atoms with Gasteiger partial charge in [0.2, 0.25) is 0 Å². The molecule has 2 aromatic rings. The average Bonchev–Trinajstić information content (AvgIpc) is 3.54. The van der Waals surface area contributed by atoms with Gasteiger partial charge in [0.15, 0.2) is 46.8 Å². The van der Waals surface area contributed by atoms with Crippen LogP contribution in [0.25, 0.3) is 11.1 Å². The third kappa shape index (κ3) is 2.44. The first kappa shape index (κ1) is 26.1. The van der Waals surface area contributed by atoms with Crippen LogP contribution >= 0.6 is 0 Å². The molecule has 10 heteroatoms. The van der Waals surface area contributed by atoms with Crippen molar-refractivity contribution in [2.45, 2.75) is 97.7 Å². The maximum atomic E-state index is 13.3. The topological polar surface area (TPSA) is 140 Å². The number of hydrogen-bond acceptors (Lipinski definition) is 10. The van der Waals surface area contributed by atoms with E-state index >= 15 is 0 Å². The Balaban J connectivity index is 1.21. The lowest BCUT2D eigenvalue weighted by Crippen LogP contribution is -2.76. The predicted octanol–water partition coefficient (Wildman–Crippen LogP) is 1.47. The van der Waals surface area contributed by atoms with Gasteiger partial charge in [-0.15, -0.1) is 0 Å². The molecule has 2 spiro atoms. The smallest absolute Gasteiger partial charge is 0.174 e. The molecule has 4 bridgehead atoms. The quantitative estimate of drug-likeness (QED) is 0.381. The number of aliphatic hydroxyl groups is 2. The van der Waals surface area contributed by atoms with Crippen LogP contribution in [0.15, 0.2) is 12.1 Å². The van der Waals surface area contributed by atoms with Crippen LogP contribution in [0, 0.1) is 0 Å². The molecular formula is C34H36N2O8. The fraction of sp³-hybridized carbons (Fsp3) is 0.588. The molecule has 0 unspecified atom stereocenters. The van der Waals surface area contributed by atoms with Crippen LogP contribution in [0.5, 0.6) is 23.0 Å². The lowest BCUT2D eigenvalue weighted by Gasteiger charge is -2.62. The van der Waals surface area contributed by atoms with Gasteiger partial charge in [0.25, 0.3) is 0 Å². The fourth-order valence-electron chi connectivity index (χ4n) is 11.6. The number of piperidine rings is 2. The van der Waals surface area contributed by atoms with E-state index in [-0.39, 0.29) is 59.5 Å². The Hall–Kier alpha value is -3.18. The number of rotatable bonds is 1. The van der Waals surface area contributed by atoms with Crippen LogP contribution in [0.2, 0.25) is 0 Å². The summed E-state index contributed by atoms with van der Waals surface area (Å²) in [5.74, 6) is -0.00981. The Kier molecular flexibility index (Phi) is 4.51. The largest absolute Gasteiger partial charge is 0.504 e. The molecule has 2 saturated carbocycles. The van der Waals surface area contributed by atoms with Gasteiger partial charge in [-0.05, 0) is 89.0 Å². The van der Waals surface area contributed by atoms with Crippen molar-refractivity contribution in [1.82, 2.24) is 9.80 Å². The van der Waals surface area contributed by atoms with Crippen LogP contribution in [-0.2, 0) is 33.3 Å². The lowest BCUT2D eigenvalue weighted by atomic mass is 9.48. The standard InChI is InChI=1S/C34H36N2O8/c1-35-9-7-31-23-15-11-17(25(39)27(23)43-29(31)19(37)3-5-33(31,41)21(35)13-15)18-12-16-14-22-34(42)6-4-20(38)30-32(34,8-10-36(22)2)24(16)28(44-30)26(18)40/h11-12,21-22,29-30,39-42H,3-10,13-14H2,1-2H3/t21-,22-,29+,30+,31+,32+,33-,34-/m1/s1. The van der Waals surface area contributed by atoms with Crippen molar-refractivity contribution >= 4 is 11.6 Å². The van der Waals surface area contributed by atoms with Gasteiger partial charge in [0, 0.05) is 47.2 Å². The number of carbonyl (C=O) groups is 2. The molecule has 10 nitrogen and oxygen atoms in total. The summed E-state index contributed by atoms with van der Waals surface area (Å²) < 4.78 is 12.8. The Bertz CT molecular complexity index is 1650. The van der Waals surface area contributed by atoms with E-state index in [1.54, 1.807) is 0 Å². The Morgan fingerprint density at radius 2 is 1.11 bits per heavy atom. The maximum absolute atomic E-state index is 13.3. The molecule has 8 atom stereocenters. The minimum atomic E-state index is -1.15. The molecule has 230 valence electrons. The molecule has 4 aliphatic carbocycles. The van der Waals surface area contributed by atoms with Crippen LogP contribution < -0.4 is 9.47 Å². The van der Waals surface area contributed by atoms with E-state index in [0.717, 1.165) is 22.3 Å². The molecule has 0 aromatic heterocycles. The molecular weight excluding hydrogens is 564 g/mol. The molecule has 0 amide bonds. The number of phenolic OH excluding ortho intramolecular Hbond substituents is 2. The van der Waals surface area contributed by atoms with Gasteiger partial charge in [0.05, 0.1) is 22.0 Å². The third-order valence-electron chi connectivity index (χ3n) is 13.6. The van der Waals surface area contributed by atoms with Crippen molar-refractivity contribution in [3.63, 3.8) is 0 Å². The number of carbonyl (C=O) groups excluding carboxylic acids is 2. The third-order valence-corrected chi connectivity index (χ3v) is 13.6. The summed E-state index contributed by atoms with van der Waals surface area (Å²) in [5, 5.41) is 48.4. The van der Waals surface area contributed by atoms with Gasteiger partial charge in [-0.2, -0.15) is 0 Å². The highest BCUT2D eigenvalue weighted by atomic mass is 16.5. The Labute approximate surface area is 254 Å². The molecule has 4 fully saturated rings. The first-order valence-corrected chi connectivity index (χ1v) is 16.0. The van der Waals surface area contributed by atoms with E-state index in [1.165, 1.54) is 0 Å². The van der Waals surface area contributed by atoms with Gasteiger partial charge in [-0.3, -0.25) is 9.59 Å². The van der Waals surface area contributed by atoms with Crippen LogP contribution in [0.4, 0.5) is 0 Å². The zero-order valence-electron chi connectivity index (χ0n) is 24.9. The molecule has 4 aliphatic heterocycles. The Morgan fingerprint density at radius 3 is 1.52 bits per heavy atom. The second-order valence-electron chi connectivity index (χ2n) is 14.9. The summed E-state index contributed by atoms with van der Waals surface area (Å²) in [6.45, 7) is 1.41. The van der Waals surface area contributed by atoms with Gasteiger partial charge < -0.3 is 39.7 Å². The number of benzene rings is 2. The Morgan fingerprint density at radius 1 is 0.705 bits per heavy atom. The van der Waals surface area contributed by atoms with Crippen LogP contribution in [-0.4, -0.2) is 104 Å².